The van der Waals surface area contributed by atoms with Crippen LogP contribution >= 0.6 is 0 Å². The van der Waals surface area contributed by atoms with Crippen molar-refractivity contribution in [3.05, 3.63) is 28.8 Å². The number of esters is 1. The van der Waals surface area contributed by atoms with Crippen LogP contribution in [0, 0.1) is 5.92 Å². The molecule has 0 saturated carbocycles. The van der Waals surface area contributed by atoms with Crippen LogP contribution in [0.1, 0.15) is 142 Å². The lowest BCUT2D eigenvalue weighted by atomic mass is 9.74. The number of hydrogen-bond acceptors (Lipinski definition) is 28. The molecule has 0 unspecified atom stereocenters. The first-order valence-electron chi connectivity index (χ1n) is 31.3. The van der Waals surface area contributed by atoms with Gasteiger partial charge in [-0.2, -0.15) is 0 Å². The maximum Gasteiger partial charge on any atom is 0.303 e. The van der Waals surface area contributed by atoms with E-state index in [0.29, 0.717) is 6.42 Å². The first-order chi connectivity index (χ1) is 42.5. The van der Waals surface area contributed by atoms with Gasteiger partial charge >= 0.3 is 5.97 Å². The predicted octanol–water partition coefficient (Wildman–Crippen LogP) is 1.02. The number of aliphatic hydroxyl groups excluding tert-OH is 9. The highest BCUT2D eigenvalue weighted by Crippen LogP contribution is 2.50. The maximum absolute atomic E-state index is 15.4. The fourth-order valence-electron chi connectivity index (χ4n) is 13.4. The van der Waals surface area contributed by atoms with Crippen LogP contribution < -0.4 is 4.74 Å². The molecule has 0 spiro atoms. The van der Waals surface area contributed by atoms with E-state index >= 15 is 4.79 Å². The van der Waals surface area contributed by atoms with Gasteiger partial charge in [0.25, 0.3) is 0 Å². The van der Waals surface area contributed by atoms with E-state index < -0.39 is 213 Å². The van der Waals surface area contributed by atoms with Gasteiger partial charge in [0.2, 0.25) is 6.29 Å². The molecule has 6 fully saturated rings. The summed E-state index contributed by atoms with van der Waals surface area (Å²) in [6, 6.07) is 3.10. The van der Waals surface area contributed by atoms with Crippen molar-refractivity contribution in [3.63, 3.8) is 0 Å². The van der Waals surface area contributed by atoms with E-state index in [1.807, 2.05) is 13.8 Å². The van der Waals surface area contributed by atoms with Gasteiger partial charge in [0, 0.05) is 64.0 Å². The van der Waals surface area contributed by atoms with Crippen molar-refractivity contribution >= 4 is 28.3 Å². The van der Waals surface area contributed by atoms with Crippen LogP contribution in [-0.2, 0) is 77.6 Å². The first-order valence-corrected chi connectivity index (χ1v) is 31.3. The normalized spacial score (nSPS) is 41.5. The second kappa shape index (κ2) is 29.4. The molecule has 30 atom stereocenters. The Balaban J connectivity index is 0.972. The highest BCUT2D eigenvalue weighted by molar-refractivity contribution is 6.11. The Kier molecular flexibility index (Phi) is 23.0. The standard InChI is InChI=1S/C62H92O28/c1-12-22(2)47-36(85-43-18-37(53(70)26(6)80-43)86-41-16-34(65)51(68)24(4)78-41)15-32-13-31-14-33(61(77-11)59(76)50(67)23(3)63)62(58(75)49(31)57(74)48(32)56(47)73)90-46-20-39(55(72)28(8)82-46)88-45-21-40(60(29(9)83-45)84-30(10)64)89-44-19-38(54(71)27(7)81-44)87-42-17-35(66)52(69)25(5)79-42/h13,15,22-29,33-35,37-46,50-55,60-63,65-74H,12,14,16-21H2,1-11H3/t22-,23+,24-,25+,26-,27-,28-,29-,33+,34+,35+,37+,38+,39+,40+,41-,42+,43-,44-,45-,46-,50+,51-,52+,53-,54-,55-,60-,61+,62-/m1/s1. The minimum atomic E-state index is -1.98. The minimum absolute atomic E-state index is 0.0413. The molecule has 0 radical (unpaired) electrons. The number of Topliss-reactive ketones (excluding diaryl/α,β-unsaturated/α-hetero) is 2. The molecule has 0 bridgehead atoms. The summed E-state index contributed by atoms with van der Waals surface area (Å²) in [5.41, 5.74) is 0.150. The SMILES string of the molecule is CC[C@@H](C)c1c(O[C@@H]2C[C@H](O[C@@H]3C[C@H](O)[C@H](O)[C@@H](C)O3)[C@H](O)[C@@H](C)O2)cc2cc3c(c(O)c2c1O)C(=O)[C@H](O[C@@H]1C[C@H](O[C@@H]2C[C@H](O[C@@H]4C[C@H](O[C@H]5C[C@H](O)[C@@H](O)[C@H](C)O5)[C@H](O)[C@@H](C)O4)[C@H](OC(C)=O)[C@@H](C)O2)[C@H](O)[C@@H](C)O1)[C@H]([C@H](OC)C(=O)[C@@H](O)[C@H](C)O)C3. The molecule has 0 amide bonds. The van der Waals surface area contributed by atoms with E-state index in [1.165, 1.54) is 33.9 Å². The number of methoxy groups -OCH3 is 1. The molecule has 6 aliphatic heterocycles. The van der Waals surface area contributed by atoms with Gasteiger partial charge in [-0.25, -0.2) is 0 Å². The number of rotatable bonds is 20. The topological polar surface area (TPSA) is 403 Å². The number of phenols is 2. The quantitative estimate of drug-likeness (QED) is 0.0824. The van der Waals surface area contributed by atoms with E-state index in [9.17, 15) is 65.8 Å². The number of ether oxygens (including phenoxy) is 14. The Morgan fingerprint density at radius 3 is 1.49 bits per heavy atom. The zero-order chi connectivity index (χ0) is 65.6. The summed E-state index contributed by atoms with van der Waals surface area (Å²) in [7, 11) is 1.18. The van der Waals surface area contributed by atoms with Crippen molar-refractivity contribution in [2.24, 2.45) is 5.92 Å². The molecule has 1 aliphatic carbocycles. The minimum Gasteiger partial charge on any atom is -0.507 e. The van der Waals surface area contributed by atoms with Crippen molar-refractivity contribution in [2.75, 3.05) is 7.11 Å². The highest BCUT2D eigenvalue weighted by Gasteiger charge is 2.52. The molecular formula is C62H92O28. The fraction of sp³-hybridized carbons (Fsp3) is 0.790. The Morgan fingerprint density at radius 2 is 1.02 bits per heavy atom. The third-order valence-electron chi connectivity index (χ3n) is 18.7. The largest absolute Gasteiger partial charge is 0.507 e. The summed E-state index contributed by atoms with van der Waals surface area (Å²) in [4.78, 5) is 42.0. The molecule has 90 heavy (non-hydrogen) atoms. The summed E-state index contributed by atoms with van der Waals surface area (Å²) >= 11 is 0. The van der Waals surface area contributed by atoms with Crippen molar-refractivity contribution < 1.29 is 137 Å². The van der Waals surface area contributed by atoms with E-state index in [1.54, 1.807) is 40.7 Å². The van der Waals surface area contributed by atoms with E-state index in [2.05, 4.69) is 0 Å². The van der Waals surface area contributed by atoms with Gasteiger partial charge in [-0.3, -0.25) is 14.4 Å². The van der Waals surface area contributed by atoms with Gasteiger partial charge in [0.05, 0.1) is 84.2 Å². The molecule has 508 valence electrons. The third kappa shape index (κ3) is 15.1. The molecule has 6 saturated heterocycles. The number of ketones is 2. The van der Waals surface area contributed by atoms with Crippen molar-refractivity contribution in [1.82, 2.24) is 0 Å². The Labute approximate surface area is 521 Å². The summed E-state index contributed by atoms with van der Waals surface area (Å²) in [6.07, 6.45) is -32.3. The summed E-state index contributed by atoms with van der Waals surface area (Å²) in [6.45, 7) is 15.7. The second-order valence-electron chi connectivity index (χ2n) is 25.4. The lowest BCUT2D eigenvalue weighted by molar-refractivity contribution is -0.338. The molecule has 7 aliphatic rings. The second-order valence-corrected chi connectivity index (χ2v) is 25.4. The van der Waals surface area contributed by atoms with Gasteiger partial charge < -0.3 is 122 Å². The van der Waals surface area contributed by atoms with Crippen LogP contribution in [0.25, 0.3) is 10.8 Å². The summed E-state index contributed by atoms with van der Waals surface area (Å²) in [5, 5.41) is 122. The number of hydrogen-bond donors (Lipinski definition) is 11. The summed E-state index contributed by atoms with van der Waals surface area (Å²) < 4.78 is 86.0. The average Bonchev–Trinajstić information content (AvgIpc) is 0.743. The average molecular weight is 1290 g/mol. The zero-order valence-corrected chi connectivity index (χ0v) is 52.5. The van der Waals surface area contributed by atoms with Gasteiger partial charge in [-0.1, -0.05) is 13.8 Å². The molecule has 0 aromatic heterocycles. The predicted molar refractivity (Wildman–Crippen MR) is 307 cm³/mol. The zero-order valence-electron chi connectivity index (χ0n) is 52.5. The number of aliphatic hydroxyl groups is 9. The van der Waals surface area contributed by atoms with Crippen molar-refractivity contribution in [1.29, 1.82) is 0 Å². The van der Waals surface area contributed by atoms with Gasteiger partial charge in [-0.15, -0.1) is 0 Å². The molecule has 9 rings (SSSR count). The Hall–Kier alpha value is -3.93. The lowest BCUT2D eigenvalue weighted by Gasteiger charge is -2.46. The van der Waals surface area contributed by atoms with Crippen LogP contribution in [0.2, 0.25) is 0 Å². The third-order valence-corrected chi connectivity index (χ3v) is 18.7. The molecule has 2 aromatic carbocycles. The van der Waals surface area contributed by atoms with Crippen LogP contribution in [0.3, 0.4) is 0 Å². The summed E-state index contributed by atoms with van der Waals surface area (Å²) in [5.74, 6) is -5.16. The van der Waals surface area contributed by atoms with Crippen LogP contribution in [0.15, 0.2) is 12.1 Å². The number of aromatic hydroxyl groups is 2. The van der Waals surface area contributed by atoms with Crippen LogP contribution in [-0.4, -0.2) is 253 Å². The van der Waals surface area contributed by atoms with E-state index in [4.69, 9.17) is 66.3 Å². The monoisotopic (exact) mass is 1280 g/mol. The Morgan fingerprint density at radius 1 is 0.589 bits per heavy atom. The number of carbonyl (C=O) groups excluding carboxylic acids is 3. The molecule has 2 aromatic rings. The maximum atomic E-state index is 15.4. The fourth-order valence-corrected chi connectivity index (χ4v) is 13.4. The smallest absolute Gasteiger partial charge is 0.303 e. The van der Waals surface area contributed by atoms with Crippen molar-refractivity contribution in [3.8, 4) is 17.2 Å². The van der Waals surface area contributed by atoms with Gasteiger partial charge in [-0.05, 0) is 90.3 Å². The van der Waals surface area contributed by atoms with Crippen LogP contribution in [0.5, 0.6) is 17.2 Å². The van der Waals surface area contributed by atoms with E-state index in [-0.39, 0.29) is 78.2 Å². The Bertz CT molecular complexity index is 2760. The lowest BCUT2D eigenvalue weighted by Crippen LogP contribution is -2.57. The molecule has 28 nitrogen and oxygen atoms in total. The molecule has 11 N–H and O–H groups in total. The van der Waals surface area contributed by atoms with Gasteiger partial charge in [0.1, 0.15) is 72.2 Å². The molecular weight excluding hydrogens is 1190 g/mol. The number of phenolic OH excluding ortho intramolecular Hbond substituents is 2. The van der Waals surface area contributed by atoms with Crippen molar-refractivity contribution in [2.45, 2.75) is 299 Å². The molecule has 28 heteroatoms. The number of carbonyl (C=O) groups is 3. The highest BCUT2D eigenvalue weighted by atomic mass is 16.8. The molecule has 6 heterocycles. The van der Waals surface area contributed by atoms with Gasteiger partial charge in [0.15, 0.2) is 49.1 Å². The first kappa shape index (κ1) is 70.4. The number of fused-ring (bicyclic) bond motifs is 2. The number of benzene rings is 2. The van der Waals surface area contributed by atoms with Crippen LogP contribution in [0.4, 0.5) is 0 Å². The van der Waals surface area contributed by atoms with E-state index in [0.717, 1.165) is 0 Å².